The number of carbonyl (C=O) groups is 1. The van der Waals surface area contributed by atoms with Gasteiger partial charge in [-0.25, -0.2) is 9.78 Å². The normalized spacial score (nSPS) is 18.2. The first kappa shape index (κ1) is 25.9. The molecule has 3 N–H and O–H groups in total. The number of hydrogen-bond acceptors (Lipinski definition) is 7. The fourth-order valence-electron chi connectivity index (χ4n) is 5.12. The smallest absolute Gasteiger partial charge is 0.489 e. The lowest BCUT2D eigenvalue weighted by Gasteiger charge is -2.32. The zero-order chi connectivity index (χ0) is 27.0. The zero-order valence-electron chi connectivity index (χ0n) is 20.8. The Hall–Kier alpha value is -3.74. The second-order valence-electron chi connectivity index (χ2n) is 9.78. The molecule has 10 nitrogen and oxygen atoms in total. The van der Waals surface area contributed by atoms with Crippen LogP contribution in [0.2, 0.25) is 0 Å². The summed E-state index contributed by atoms with van der Waals surface area (Å²) in [4.78, 5) is 37.0. The van der Waals surface area contributed by atoms with E-state index in [1.165, 1.54) is 6.07 Å². The van der Waals surface area contributed by atoms with Crippen molar-refractivity contribution in [2.75, 3.05) is 39.0 Å². The molecule has 13 heteroatoms. The van der Waals surface area contributed by atoms with E-state index in [-0.39, 0.29) is 35.0 Å². The molecule has 2 aromatic heterocycles. The fourth-order valence-corrected chi connectivity index (χ4v) is 5.12. The van der Waals surface area contributed by atoms with Crippen molar-refractivity contribution in [1.29, 1.82) is 0 Å². The third-order valence-electron chi connectivity index (χ3n) is 7.10. The first-order valence-corrected chi connectivity index (χ1v) is 12.5. The van der Waals surface area contributed by atoms with E-state index in [1.807, 2.05) is 0 Å². The Morgan fingerprint density at radius 3 is 2.45 bits per heavy atom. The standard InChI is InChI=1S/C25H29F3N6O4/c1-32-8-6-16(7-9-32)37-18-13-21-22(30-14-18)34(24(36)31-21)15-4-10-33(11-5-15)23(35)19-3-2-17(12-20(19)29)38-25(26,27)28/h2-3,12-16H,4-11,29H2,1H3,(H,31,36). The lowest BCUT2D eigenvalue weighted by Crippen LogP contribution is -2.40. The van der Waals surface area contributed by atoms with Crippen LogP contribution in [0, 0.1) is 0 Å². The van der Waals surface area contributed by atoms with E-state index in [9.17, 15) is 22.8 Å². The van der Waals surface area contributed by atoms with Crippen LogP contribution in [0.1, 0.15) is 42.1 Å². The largest absolute Gasteiger partial charge is 0.573 e. The molecule has 2 saturated heterocycles. The van der Waals surface area contributed by atoms with Gasteiger partial charge in [-0.15, -0.1) is 13.2 Å². The summed E-state index contributed by atoms with van der Waals surface area (Å²) in [6.07, 6.45) is -0.231. The van der Waals surface area contributed by atoms with Crippen LogP contribution in [0.4, 0.5) is 18.9 Å². The third kappa shape index (κ3) is 5.57. The number of anilines is 1. The Balaban J connectivity index is 1.24. The SMILES string of the molecule is CN1CCC(Oc2cnc3c(c2)[nH]c(=O)n3C2CCN(C(=O)c3ccc(OC(F)(F)F)cc3N)CC2)CC1. The number of fused-ring (bicyclic) bond motifs is 1. The van der Waals surface area contributed by atoms with Gasteiger partial charge in [0.1, 0.15) is 17.6 Å². The summed E-state index contributed by atoms with van der Waals surface area (Å²) in [6, 6.07) is 4.89. The number of nitrogens with two attached hydrogens (primary N) is 1. The van der Waals surface area contributed by atoms with Crippen LogP contribution in [0.15, 0.2) is 35.3 Å². The van der Waals surface area contributed by atoms with Gasteiger partial charge in [-0.05, 0) is 44.9 Å². The highest BCUT2D eigenvalue weighted by molar-refractivity contribution is 5.99. The number of H-pyrrole nitrogens is 1. The number of pyridine rings is 1. The number of aromatic amines is 1. The zero-order valence-corrected chi connectivity index (χ0v) is 20.8. The number of nitrogens with zero attached hydrogens (tertiary/aromatic N) is 4. The predicted octanol–water partition coefficient (Wildman–Crippen LogP) is 3.16. The van der Waals surface area contributed by atoms with Gasteiger partial charge in [0.05, 0.1) is 17.3 Å². The number of piperidine rings is 2. The number of alkyl halides is 3. The number of halogens is 3. The molecule has 1 amide bonds. The van der Waals surface area contributed by atoms with Gasteiger partial charge >= 0.3 is 12.1 Å². The van der Waals surface area contributed by atoms with Crippen molar-refractivity contribution >= 4 is 22.8 Å². The highest BCUT2D eigenvalue weighted by atomic mass is 19.4. The average Bonchev–Trinajstić information content (AvgIpc) is 3.19. The second kappa shape index (κ2) is 10.2. The number of imidazole rings is 1. The molecule has 0 unspecified atom stereocenters. The monoisotopic (exact) mass is 534 g/mol. The van der Waals surface area contributed by atoms with Gasteiger partial charge < -0.3 is 30.0 Å². The maximum absolute atomic E-state index is 13.0. The number of hydrogen-bond donors (Lipinski definition) is 2. The summed E-state index contributed by atoms with van der Waals surface area (Å²) < 4.78 is 48.9. The van der Waals surface area contributed by atoms with E-state index >= 15 is 0 Å². The predicted molar refractivity (Wildman–Crippen MR) is 133 cm³/mol. The Labute approximate surface area is 216 Å². The first-order valence-electron chi connectivity index (χ1n) is 12.5. The molecule has 0 bridgehead atoms. The van der Waals surface area contributed by atoms with Gasteiger partial charge in [-0.2, -0.15) is 0 Å². The van der Waals surface area contributed by atoms with Crippen molar-refractivity contribution < 1.29 is 27.4 Å². The van der Waals surface area contributed by atoms with E-state index in [0.717, 1.165) is 38.1 Å². The summed E-state index contributed by atoms with van der Waals surface area (Å²) in [5.74, 6) is -0.263. The van der Waals surface area contributed by atoms with Crippen LogP contribution in [-0.4, -0.2) is 75.9 Å². The summed E-state index contributed by atoms with van der Waals surface area (Å²) >= 11 is 0. The molecule has 4 heterocycles. The number of aromatic nitrogens is 3. The lowest BCUT2D eigenvalue weighted by atomic mass is 10.0. The quantitative estimate of drug-likeness (QED) is 0.483. The molecular formula is C25H29F3N6O4. The van der Waals surface area contributed by atoms with Gasteiger partial charge in [0.25, 0.3) is 5.91 Å². The molecule has 0 aliphatic carbocycles. The first-order chi connectivity index (χ1) is 18.1. The molecule has 2 aliphatic heterocycles. The van der Waals surface area contributed by atoms with Gasteiger partial charge in [-0.1, -0.05) is 0 Å². The summed E-state index contributed by atoms with van der Waals surface area (Å²) in [7, 11) is 2.08. The molecule has 204 valence electrons. The topological polar surface area (TPSA) is 119 Å². The Bertz CT molecular complexity index is 1370. The highest BCUT2D eigenvalue weighted by Crippen LogP contribution is 2.30. The Morgan fingerprint density at radius 2 is 1.79 bits per heavy atom. The summed E-state index contributed by atoms with van der Waals surface area (Å²) in [6.45, 7) is 2.64. The van der Waals surface area contributed by atoms with Gasteiger partial charge in [0.15, 0.2) is 5.65 Å². The molecule has 3 aromatic rings. The van der Waals surface area contributed by atoms with E-state index in [0.29, 0.717) is 42.8 Å². The van der Waals surface area contributed by atoms with Gasteiger partial charge in [0, 0.05) is 50.0 Å². The molecule has 2 fully saturated rings. The number of rotatable bonds is 5. The van der Waals surface area contributed by atoms with Crippen LogP contribution >= 0.6 is 0 Å². The molecule has 0 atom stereocenters. The number of likely N-dealkylation sites (tertiary alicyclic amines) is 2. The lowest BCUT2D eigenvalue weighted by molar-refractivity contribution is -0.274. The van der Waals surface area contributed by atoms with E-state index in [2.05, 4.69) is 26.7 Å². The van der Waals surface area contributed by atoms with Gasteiger partial charge in [-0.3, -0.25) is 9.36 Å². The minimum absolute atomic E-state index is 0.0982. The molecule has 0 spiro atoms. The maximum Gasteiger partial charge on any atom is 0.573 e. The fraction of sp³-hybridized carbons (Fsp3) is 0.480. The van der Waals surface area contributed by atoms with Crippen molar-refractivity contribution in [3.05, 3.63) is 46.5 Å². The summed E-state index contributed by atoms with van der Waals surface area (Å²) in [5, 5.41) is 0. The minimum Gasteiger partial charge on any atom is -0.489 e. The third-order valence-corrected chi connectivity index (χ3v) is 7.10. The van der Waals surface area contributed by atoms with E-state index < -0.39 is 12.1 Å². The van der Waals surface area contributed by atoms with Crippen LogP contribution in [0.3, 0.4) is 0 Å². The van der Waals surface area contributed by atoms with Crippen molar-refractivity contribution in [2.45, 2.75) is 44.2 Å². The summed E-state index contributed by atoms with van der Waals surface area (Å²) in [5.41, 5.74) is 6.68. The highest BCUT2D eigenvalue weighted by Gasteiger charge is 2.32. The van der Waals surface area contributed by atoms with Crippen molar-refractivity contribution in [2.24, 2.45) is 0 Å². The van der Waals surface area contributed by atoms with Crippen LogP contribution < -0.4 is 20.9 Å². The number of nitrogen functional groups attached to an aromatic ring is 1. The number of ether oxygens (including phenoxy) is 2. The number of amides is 1. The minimum atomic E-state index is -4.85. The Kier molecular flexibility index (Phi) is 6.95. The molecule has 0 saturated carbocycles. The van der Waals surface area contributed by atoms with Crippen LogP contribution in [-0.2, 0) is 0 Å². The molecule has 1 aromatic carbocycles. The van der Waals surface area contributed by atoms with E-state index in [4.69, 9.17) is 10.5 Å². The molecule has 0 radical (unpaired) electrons. The van der Waals surface area contributed by atoms with E-state index in [1.54, 1.807) is 21.7 Å². The molecule has 38 heavy (non-hydrogen) atoms. The number of benzene rings is 1. The number of carbonyl (C=O) groups excluding carboxylic acids is 1. The maximum atomic E-state index is 13.0. The average molecular weight is 535 g/mol. The number of nitrogens with one attached hydrogen (secondary N) is 1. The van der Waals surface area contributed by atoms with Crippen LogP contribution in [0.5, 0.6) is 11.5 Å². The van der Waals surface area contributed by atoms with Crippen molar-refractivity contribution in [1.82, 2.24) is 24.3 Å². The molecular weight excluding hydrogens is 505 g/mol. The second-order valence-corrected chi connectivity index (χ2v) is 9.78. The molecule has 5 rings (SSSR count). The Morgan fingerprint density at radius 1 is 1.08 bits per heavy atom. The molecule has 2 aliphatic rings. The van der Waals surface area contributed by atoms with Crippen LogP contribution in [0.25, 0.3) is 11.2 Å². The van der Waals surface area contributed by atoms with Gasteiger partial charge in [0.2, 0.25) is 0 Å². The van der Waals surface area contributed by atoms with Crippen molar-refractivity contribution in [3.63, 3.8) is 0 Å². The van der Waals surface area contributed by atoms with Crippen molar-refractivity contribution in [3.8, 4) is 11.5 Å².